The smallest absolute Gasteiger partial charge is 0.226 e. The molecule has 0 bridgehead atoms. The maximum atomic E-state index is 13.6. The topological polar surface area (TPSA) is 87.5 Å². The summed E-state index contributed by atoms with van der Waals surface area (Å²) >= 11 is 0. The predicted octanol–water partition coefficient (Wildman–Crippen LogP) is 4.03. The van der Waals surface area contributed by atoms with Crippen LogP contribution in [-0.4, -0.2) is 41.9 Å². The Morgan fingerprint density at radius 3 is 2.36 bits per heavy atom. The summed E-state index contributed by atoms with van der Waals surface area (Å²) in [7, 11) is 4.76. The van der Waals surface area contributed by atoms with Gasteiger partial charge in [-0.05, 0) is 30.9 Å². The quantitative estimate of drug-likeness (QED) is 0.633. The Balaban J connectivity index is 1.68. The lowest BCUT2D eigenvalue weighted by atomic mass is 9.77. The first kappa shape index (κ1) is 21.1. The highest BCUT2D eigenvalue weighted by Crippen LogP contribution is 2.48. The van der Waals surface area contributed by atoms with Crippen molar-refractivity contribution in [3.8, 4) is 17.2 Å². The second kappa shape index (κ2) is 8.27. The number of ketones is 1. The van der Waals surface area contributed by atoms with Crippen LogP contribution in [0, 0.1) is 6.92 Å². The maximum absolute atomic E-state index is 13.6. The zero-order valence-corrected chi connectivity index (χ0v) is 19.1. The summed E-state index contributed by atoms with van der Waals surface area (Å²) in [5.41, 5.74) is 3.48. The van der Waals surface area contributed by atoms with Crippen LogP contribution in [-0.2, 0) is 4.79 Å². The second-order valence-electron chi connectivity index (χ2n) is 8.24. The van der Waals surface area contributed by atoms with E-state index in [0.717, 1.165) is 16.8 Å². The molecule has 33 heavy (non-hydrogen) atoms. The number of rotatable bonds is 5. The van der Waals surface area contributed by atoms with Gasteiger partial charge in [0.2, 0.25) is 5.95 Å². The number of ether oxygens (including phenoxy) is 3. The summed E-state index contributed by atoms with van der Waals surface area (Å²) in [5.74, 6) is 3.10. The predicted molar refractivity (Wildman–Crippen MR) is 123 cm³/mol. The first-order valence-electron chi connectivity index (χ1n) is 10.8. The van der Waals surface area contributed by atoms with Crippen LogP contribution in [0.2, 0.25) is 0 Å². The van der Waals surface area contributed by atoms with Gasteiger partial charge in [0.05, 0.1) is 21.3 Å². The van der Waals surface area contributed by atoms with Crippen LogP contribution in [0.4, 0.5) is 5.95 Å². The second-order valence-corrected chi connectivity index (χ2v) is 8.24. The Morgan fingerprint density at radius 2 is 1.67 bits per heavy atom. The van der Waals surface area contributed by atoms with Crippen molar-refractivity contribution in [2.45, 2.75) is 31.7 Å². The third kappa shape index (κ3) is 3.51. The third-order valence-corrected chi connectivity index (χ3v) is 6.33. The van der Waals surface area contributed by atoms with E-state index in [-0.39, 0.29) is 11.7 Å². The molecule has 5 rings (SSSR count). The Morgan fingerprint density at radius 1 is 0.970 bits per heavy atom. The van der Waals surface area contributed by atoms with Gasteiger partial charge < -0.3 is 19.5 Å². The summed E-state index contributed by atoms with van der Waals surface area (Å²) in [6, 6.07) is 13.3. The van der Waals surface area contributed by atoms with Crippen LogP contribution >= 0.6 is 0 Å². The monoisotopic (exact) mass is 446 g/mol. The average Bonchev–Trinajstić information content (AvgIpc) is 3.21. The number of allylic oxidation sites excluding steroid dienone is 2. The lowest BCUT2D eigenvalue weighted by Crippen LogP contribution is -2.33. The van der Waals surface area contributed by atoms with Crippen molar-refractivity contribution in [1.29, 1.82) is 0 Å². The lowest BCUT2D eigenvalue weighted by Gasteiger charge is -2.35. The molecular weight excluding hydrogens is 420 g/mol. The van der Waals surface area contributed by atoms with Gasteiger partial charge in [-0.3, -0.25) is 4.79 Å². The Labute approximate surface area is 192 Å². The van der Waals surface area contributed by atoms with Crippen LogP contribution in [0.5, 0.6) is 17.2 Å². The van der Waals surface area contributed by atoms with Crippen molar-refractivity contribution in [2.75, 3.05) is 26.6 Å². The molecule has 8 nitrogen and oxygen atoms in total. The largest absolute Gasteiger partial charge is 0.496 e. The minimum atomic E-state index is -0.489. The molecule has 3 aromatic rings. The molecule has 0 unspecified atom stereocenters. The standard InChI is InChI=1S/C25H26N4O4/c1-14-26-25-27-18-10-16(15-8-6-5-7-9-15)11-19(30)23(18)24(29(25)28-14)17-12-21(32-3)22(33-4)13-20(17)31-2/h5-9,12-13,16,24H,10-11H2,1-4H3,(H,26,27,28)/t16-,24-/m0/s1. The molecule has 0 saturated heterocycles. The molecule has 2 aromatic carbocycles. The zero-order valence-electron chi connectivity index (χ0n) is 19.1. The van der Waals surface area contributed by atoms with Crippen molar-refractivity contribution < 1.29 is 19.0 Å². The van der Waals surface area contributed by atoms with Crippen molar-refractivity contribution in [2.24, 2.45) is 0 Å². The fourth-order valence-electron chi connectivity index (χ4n) is 4.83. The highest BCUT2D eigenvalue weighted by Gasteiger charge is 2.41. The van der Waals surface area contributed by atoms with E-state index >= 15 is 0 Å². The van der Waals surface area contributed by atoms with Gasteiger partial charge in [0.15, 0.2) is 17.3 Å². The number of carbonyl (C=O) groups excluding carboxylic acids is 1. The van der Waals surface area contributed by atoms with Crippen LogP contribution in [0.1, 0.15) is 41.8 Å². The highest BCUT2D eigenvalue weighted by molar-refractivity contribution is 6.00. The number of anilines is 1. The average molecular weight is 447 g/mol. The van der Waals surface area contributed by atoms with E-state index in [9.17, 15) is 4.79 Å². The molecule has 2 atom stereocenters. The number of hydrogen-bond acceptors (Lipinski definition) is 7. The molecule has 1 N–H and O–H groups in total. The summed E-state index contributed by atoms with van der Waals surface area (Å²) in [4.78, 5) is 18.2. The van der Waals surface area contributed by atoms with Gasteiger partial charge in [-0.2, -0.15) is 10.1 Å². The van der Waals surface area contributed by atoms with E-state index in [2.05, 4.69) is 27.5 Å². The van der Waals surface area contributed by atoms with Crippen LogP contribution in [0.3, 0.4) is 0 Å². The fraction of sp³-hybridized carbons (Fsp3) is 0.320. The SMILES string of the molecule is COc1cc(OC)c([C@H]2C3=C(C[C@H](c4ccccc4)CC3=O)Nc3nc(C)nn32)cc1OC. The fourth-order valence-corrected chi connectivity index (χ4v) is 4.83. The Bertz CT molecular complexity index is 1250. The van der Waals surface area contributed by atoms with Crippen LogP contribution in [0.25, 0.3) is 0 Å². The molecule has 0 radical (unpaired) electrons. The summed E-state index contributed by atoms with van der Waals surface area (Å²) in [6.07, 6.45) is 1.14. The van der Waals surface area contributed by atoms with Crippen molar-refractivity contribution >= 4 is 11.7 Å². The van der Waals surface area contributed by atoms with Gasteiger partial charge in [-0.1, -0.05) is 30.3 Å². The number of carbonyl (C=O) groups is 1. The maximum Gasteiger partial charge on any atom is 0.226 e. The number of aryl methyl sites for hydroxylation is 1. The van der Waals surface area contributed by atoms with Gasteiger partial charge in [-0.25, -0.2) is 4.68 Å². The number of methoxy groups -OCH3 is 3. The zero-order chi connectivity index (χ0) is 23.1. The molecule has 1 aliphatic heterocycles. The first-order chi connectivity index (χ1) is 16.0. The lowest BCUT2D eigenvalue weighted by molar-refractivity contribution is -0.116. The Kier molecular flexibility index (Phi) is 5.28. The molecule has 0 amide bonds. The Hall–Kier alpha value is -3.81. The van der Waals surface area contributed by atoms with Crippen molar-refractivity contribution in [1.82, 2.24) is 14.8 Å². The molecule has 2 heterocycles. The molecule has 0 fully saturated rings. The number of nitrogens with one attached hydrogen (secondary N) is 1. The van der Waals surface area contributed by atoms with Crippen molar-refractivity contribution in [3.63, 3.8) is 0 Å². The molecular formula is C25H26N4O4. The number of benzene rings is 2. The summed E-state index contributed by atoms with van der Waals surface area (Å²) in [6.45, 7) is 1.84. The molecule has 1 aliphatic carbocycles. The minimum Gasteiger partial charge on any atom is -0.496 e. The van der Waals surface area contributed by atoms with Crippen LogP contribution < -0.4 is 19.5 Å². The van der Waals surface area contributed by atoms with E-state index in [1.165, 1.54) is 0 Å². The van der Waals surface area contributed by atoms with E-state index < -0.39 is 6.04 Å². The number of Topliss-reactive ketones (excluding diaryl/α,β-unsaturated/α-hetero) is 1. The summed E-state index contributed by atoms with van der Waals surface area (Å²) < 4.78 is 18.5. The first-order valence-corrected chi connectivity index (χ1v) is 10.8. The molecule has 170 valence electrons. The molecule has 2 aliphatic rings. The van der Waals surface area contributed by atoms with E-state index in [0.29, 0.717) is 47.4 Å². The van der Waals surface area contributed by atoms with E-state index in [4.69, 9.17) is 14.2 Å². The highest BCUT2D eigenvalue weighted by atomic mass is 16.5. The number of nitrogens with zero attached hydrogens (tertiary/aromatic N) is 3. The van der Waals surface area contributed by atoms with Gasteiger partial charge in [0, 0.05) is 29.3 Å². The van der Waals surface area contributed by atoms with E-state index in [1.54, 1.807) is 32.1 Å². The molecule has 0 spiro atoms. The van der Waals surface area contributed by atoms with E-state index in [1.807, 2.05) is 31.2 Å². The minimum absolute atomic E-state index is 0.0817. The molecule has 8 heteroatoms. The third-order valence-electron chi connectivity index (χ3n) is 6.33. The van der Waals surface area contributed by atoms with Gasteiger partial charge in [0.25, 0.3) is 0 Å². The summed E-state index contributed by atoms with van der Waals surface area (Å²) in [5, 5.41) is 8.00. The normalized spacial score (nSPS) is 19.5. The van der Waals surface area contributed by atoms with Gasteiger partial charge >= 0.3 is 0 Å². The number of fused-ring (bicyclic) bond motifs is 1. The molecule has 1 aromatic heterocycles. The molecule has 0 saturated carbocycles. The van der Waals surface area contributed by atoms with Crippen LogP contribution in [0.15, 0.2) is 53.7 Å². The number of aromatic nitrogens is 3. The number of hydrogen-bond donors (Lipinski definition) is 1. The van der Waals surface area contributed by atoms with Crippen molar-refractivity contribution in [3.05, 3.63) is 70.7 Å². The van der Waals surface area contributed by atoms with Gasteiger partial charge in [0.1, 0.15) is 17.6 Å². The van der Waals surface area contributed by atoms with Gasteiger partial charge in [-0.15, -0.1) is 0 Å².